The zero-order chi connectivity index (χ0) is 24.9. The number of hydrogen-bond acceptors (Lipinski definition) is 7. The maximum absolute atomic E-state index is 13.3. The van der Waals surface area contributed by atoms with Gasteiger partial charge >= 0.3 is 0 Å². The number of nitrogens with one attached hydrogen (secondary N) is 1. The van der Waals surface area contributed by atoms with E-state index in [0.29, 0.717) is 29.4 Å². The molecule has 9 heteroatoms. The Labute approximate surface area is 209 Å². The van der Waals surface area contributed by atoms with Gasteiger partial charge in [-0.2, -0.15) is 5.10 Å². The molecule has 1 aliphatic carbocycles. The summed E-state index contributed by atoms with van der Waals surface area (Å²) in [6.45, 7) is 6.64. The normalized spacial score (nSPS) is 16.3. The molecule has 0 spiro atoms. The molecule has 0 aliphatic heterocycles. The molecule has 0 radical (unpaired) electrons. The Morgan fingerprint density at radius 2 is 2.23 bits per heavy atom. The monoisotopic (exact) mass is 496 g/mol. The lowest BCUT2D eigenvalue weighted by molar-refractivity contribution is -0.123. The molecule has 2 atom stereocenters. The number of carbonyl (C=O) groups excluding carboxylic acids is 1. The number of methoxy groups -OCH3 is 1. The number of rotatable bonds is 9. The van der Waals surface area contributed by atoms with E-state index in [0.717, 1.165) is 48.1 Å². The van der Waals surface area contributed by atoms with Gasteiger partial charge in [-0.15, -0.1) is 11.3 Å². The van der Waals surface area contributed by atoms with Gasteiger partial charge in [-0.1, -0.05) is 20.3 Å². The molecule has 4 rings (SSSR count). The van der Waals surface area contributed by atoms with Crippen molar-refractivity contribution in [3.8, 4) is 11.5 Å². The number of carbonyl (C=O) groups is 1. The van der Waals surface area contributed by atoms with E-state index in [1.807, 2.05) is 12.1 Å². The van der Waals surface area contributed by atoms with Crippen molar-refractivity contribution < 1.29 is 14.3 Å². The van der Waals surface area contributed by atoms with Crippen molar-refractivity contribution in [3.63, 3.8) is 0 Å². The highest BCUT2D eigenvalue weighted by Gasteiger charge is 2.25. The Hall–Kier alpha value is -3.20. The summed E-state index contributed by atoms with van der Waals surface area (Å²) in [7, 11) is 1.58. The quantitative estimate of drug-likeness (QED) is 0.268. The third-order valence-electron chi connectivity index (χ3n) is 6.37. The van der Waals surface area contributed by atoms with E-state index in [1.54, 1.807) is 31.4 Å². The van der Waals surface area contributed by atoms with Crippen molar-refractivity contribution in [3.05, 3.63) is 50.9 Å². The average molecular weight is 497 g/mol. The fraction of sp³-hybridized carbons (Fsp3) is 0.462. The molecular formula is C26H32N4O4S. The number of nitrogens with zero attached hydrogens (tertiary/aromatic N) is 3. The van der Waals surface area contributed by atoms with Crippen molar-refractivity contribution in [1.82, 2.24) is 15.0 Å². The van der Waals surface area contributed by atoms with E-state index in [4.69, 9.17) is 9.47 Å². The number of benzene rings is 1. The van der Waals surface area contributed by atoms with E-state index in [-0.39, 0.29) is 5.56 Å². The maximum Gasteiger partial charge on any atom is 0.263 e. The Morgan fingerprint density at radius 1 is 1.40 bits per heavy atom. The van der Waals surface area contributed by atoms with Gasteiger partial charge in [0.1, 0.15) is 10.9 Å². The SMILES string of the molecule is CCCCOc1ccc(C=NNC(=O)[C@@H](C)n2cnc3sc4c(c3c2=O)CC[C@H](C)C4)cc1OC. The summed E-state index contributed by atoms with van der Waals surface area (Å²) in [5, 5.41) is 4.74. The van der Waals surface area contributed by atoms with Gasteiger partial charge in [-0.25, -0.2) is 10.4 Å². The highest BCUT2D eigenvalue weighted by atomic mass is 32.1. The fourth-order valence-electron chi connectivity index (χ4n) is 4.22. The molecule has 0 bridgehead atoms. The van der Waals surface area contributed by atoms with E-state index in [2.05, 4.69) is 29.4 Å². The van der Waals surface area contributed by atoms with Gasteiger partial charge in [-0.05, 0) is 67.9 Å². The average Bonchev–Trinajstić information content (AvgIpc) is 3.22. The van der Waals surface area contributed by atoms with Gasteiger partial charge in [0.05, 0.1) is 31.6 Å². The van der Waals surface area contributed by atoms with Crippen molar-refractivity contribution in [2.45, 2.75) is 58.9 Å². The van der Waals surface area contributed by atoms with Gasteiger partial charge in [0.15, 0.2) is 11.5 Å². The summed E-state index contributed by atoms with van der Waals surface area (Å²) in [4.78, 5) is 32.5. The molecule has 0 saturated heterocycles. The van der Waals surface area contributed by atoms with Crippen molar-refractivity contribution in [1.29, 1.82) is 0 Å². The lowest BCUT2D eigenvalue weighted by atomic mass is 9.89. The first-order chi connectivity index (χ1) is 16.9. The molecular weight excluding hydrogens is 464 g/mol. The van der Waals surface area contributed by atoms with Gasteiger partial charge in [0.25, 0.3) is 11.5 Å². The lowest BCUT2D eigenvalue weighted by Gasteiger charge is -2.18. The van der Waals surface area contributed by atoms with Crippen LogP contribution in [0.4, 0.5) is 0 Å². The largest absolute Gasteiger partial charge is 0.493 e. The minimum absolute atomic E-state index is 0.169. The Morgan fingerprint density at radius 3 is 3.00 bits per heavy atom. The summed E-state index contributed by atoms with van der Waals surface area (Å²) in [6.07, 6.45) is 7.95. The summed E-state index contributed by atoms with van der Waals surface area (Å²) < 4.78 is 12.5. The number of aryl methyl sites for hydroxylation is 1. The van der Waals surface area contributed by atoms with Crippen LogP contribution in [-0.4, -0.2) is 35.4 Å². The van der Waals surface area contributed by atoms with Crippen LogP contribution in [0.15, 0.2) is 34.4 Å². The van der Waals surface area contributed by atoms with Crippen molar-refractivity contribution >= 4 is 33.7 Å². The summed E-state index contributed by atoms with van der Waals surface area (Å²) in [5.74, 6) is 1.49. The molecule has 0 fully saturated rings. The van der Waals surface area contributed by atoms with E-state index in [9.17, 15) is 9.59 Å². The Kier molecular flexibility index (Phi) is 7.85. The zero-order valence-corrected chi connectivity index (χ0v) is 21.5. The second kappa shape index (κ2) is 11.0. The molecule has 0 saturated carbocycles. The maximum atomic E-state index is 13.3. The number of aromatic nitrogens is 2. The minimum atomic E-state index is -0.751. The first-order valence-corrected chi connectivity index (χ1v) is 12.9. The topological polar surface area (TPSA) is 94.8 Å². The van der Waals surface area contributed by atoms with Crippen LogP contribution in [0.3, 0.4) is 0 Å². The summed E-state index contributed by atoms with van der Waals surface area (Å²) in [6, 6.07) is 4.71. The van der Waals surface area contributed by atoms with Crippen LogP contribution >= 0.6 is 11.3 Å². The van der Waals surface area contributed by atoms with Crippen LogP contribution < -0.4 is 20.5 Å². The molecule has 0 unspecified atom stereocenters. The number of thiophene rings is 1. The molecule has 35 heavy (non-hydrogen) atoms. The molecule has 186 valence electrons. The third-order valence-corrected chi connectivity index (χ3v) is 7.53. The second-order valence-corrected chi connectivity index (χ2v) is 10.1. The number of unbranched alkanes of at least 4 members (excludes halogenated alkanes) is 1. The van der Waals surface area contributed by atoms with Crippen LogP contribution in [0, 0.1) is 5.92 Å². The van der Waals surface area contributed by atoms with Gasteiger partial charge in [0.2, 0.25) is 0 Å². The van der Waals surface area contributed by atoms with E-state index in [1.165, 1.54) is 22.0 Å². The highest BCUT2D eigenvalue weighted by molar-refractivity contribution is 7.18. The number of amides is 1. The number of ether oxygens (including phenoxy) is 2. The molecule has 2 aromatic heterocycles. The third kappa shape index (κ3) is 5.40. The standard InChI is InChI=1S/C26H32N4O4S/c1-5-6-11-34-20-10-8-18(13-21(20)33-4)14-28-29-24(31)17(3)30-15-27-25-23(26(30)32)19-9-7-16(2)12-22(19)35-25/h8,10,13-17H,5-7,9,11-12H2,1-4H3,(H,29,31)/t16-,17+/m0/s1. The van der Waals surface area contributed by atoms with Crippen LogP contribution in [0.25, 0.3) is 10.2 Å². The first-order valence-electron chi connectivity index (χ1n) is 12.1. The van der Waals surface area contributed by atoms with Crippen LogP contribution in [0.1, 0.15) is 62.1 Å². The fourth-order valence-corrected chi connectivity index (χ4v) is 5.56. The zero-order valence-electron chi connectivity index (χ0n) is 20.7. The van der Waals surface area contributed by atoms with E-state index < -0.39 is 11.9 Å². The van der Waals surface area contributed by atoms with Crippen molar-refractivity contribution in [2.75, 3.05) is 13.7 Å². The van der Waals surface area contributed by atoms with Gasteiger partial charge in [0, 0.05) is 4.88 Å². The summed E-state index contributed by atoms with van der Waals surface area (Å²) >= 11 is 1.60. The molecule has 1 amide bonds. The Bertz CT molecular complexity index is 1300. The Balaban J connectivity index is 1.46. The summed E-state index contributed by atoms with van der Waals surface area (Å²) in [5.41, 5.74) is 4.22. The molecule has 8 nitrogen and oxygen atoms in total. The molecule has 1 aromatic carbocycles. The smallest absolute Gasteiger partial charge is 0.263 e. The van der Waals surface area contributed by atoms with Crippen LogP contribution in [0.2, 0.25) is 0 Å². The van der Waals surface area contributed by atoms with E-state index >= 15 is 0 Å². The lowest BCUT2D eigenvalue weighted by Crippen LogP contribution is -2.34. The van der Waals surface area contributed by atoms with Gasteiger partial charge < -0.3 is 9.47 Å². The van der Waals surface area contributed by atoms with Gasteiger partial charge in [-0.3, -0.25) is 14.2 Å². The predicted octanol–water partition coefficient (Wildman–Crippen LogP) is 4.48. The highest BCUT2D eigenvalue weighted by Crippen LogP contribution is 2.35. The van der Waals surface area contributed by atoms with Crippen LogP contribution in [-0.2, 0) is 17.6 Å². The number of hydrazone groups is 1. The number of hydrogen-bond donors (Lipinski definition) is 1. The molecule has 2 heterocycles. The molecule has 1 N–H and O–H groups in total. The second-order valence-electron chi connectivity index (χ2n) is 9.01. The number of fused-ring (bicyclic) bond motifs is 3. The molecule has 1 aliphatic rings. The minimum Gasteiger partial charge on any atom is -0.493 e. The first kappa shape index (κ1) is 24.9. The predicted molar refractivity (Wildman–Crippen MR) is 139 cm³/mol. The van der Waals surface area contributed by atoms with Crippen LogP contribution in [0.5, 0.6) is 11.5 Å². The molecule has 3 aromatic rings. The van der Waals surface area contributed by atoms with Crippen molar-refractivity contribution in [2.24, 2.45) is 11.0 Å².